The Hall–Kier alpha value is -0.660. The molecule has 0 rings (SSSR count). The second-order valence-corrected chi connectivity index (χ2v) is 2.23. The van der Waals surface area contributed by atoms with Crippen LogP contribution in [0.2, 0.25) is 0 Å². The molecule has 0 aromatic rings. The molecule has 0 aromatic carbocycles. The smallest absolute Gasteiger partial charge is 0.0261 e. The SMILES string of the molecule is CCCN/C=C(\CC)NC. The topological polar surface area (TPSA) is 24.1 Å². The third-order valence-corrected chi connectivity index (χ3v) is 1.37. The van der Waals surface area contributed by atoms with Crippen molar-refractivity contribution < 1.29 is 0 Å². The summed E-state index contributed by atoms with van der Waals surface area (Å²) < 4.78 is 0. The maximum absolute atomic E-state index is 3.21. The monoisotopic (exact) mass is 142 g/mol. The molecule has 0 atom stereocenters. The molecule has 0 radical (unpaired) electrons. The van der Waals surface area contributed by atoms with Crippen molar-refractivity contribution in [3.8, 4) is 0 Å². The number of nitrogens with one attached hydrogen (secondary N) is 2. The van der Waals surface area contributed by atoms with Crippen LogP contribution in [0.15, 0.2) is 11.9 Å². The highest BCUT2D eigenvalue weighted by Gasteiger charge is 1.85. The van der Waals surface area contributed by atoms with E-state index in [1.807, 2.05) is 13.2 Å². The van der Waals surface area contributed by atoms with Crippen LogP contribution in [-0.2, 0) is 0 Å². The summed E-state index contributed by atoms with van der Waals surface area (Å²) in [6.45, 7) is 5.35. The molecule has 2 heteroatoms. The maximum atomic E-state index is 3.21. The third-order valence-electron chi connectivity index (χ3n) is 1.37. The molecule has 60 valence electrons. The fourth-order valence-electron chi connectivity index (χ4n) is 0.691. The molecule has 0 aliphatic heterocycles. The summed E-state index contributed by atoms with van der Waals surface area (Å²) in [7, 11) is 1.95. The molecule has 0 unspecified atom stereocenters. The Labute approximate surface area is 63.7 Å². The van der Waals surface area contributed by atoms with Crippen LogP contribution in [0.1, 0.15) is 26.7 Å². The average molecular weight is 142 g/mol. The van der Waals surface area contributed by atoms with Crippen molar-refractivity contribution in [1.29, 1.82) is 0 Å². The number of allylic oxidation sites excluding steroid dienone is 1. The van der Waals surface area contributed by atoms with E-state index in [0.717, 1.165) is 13.0 Å². The summed E-state index contributed by atoms with van der Waals surface area (Å²) in [6.07, 6.45) is 4.29. The van der Waals surface area contributed by atoms with Crippen molar-refractivity contribution in [2.24, 2.45) is 0 Å². The van der Waals surface area contributed by atoms with Gasteiger partial charge < -0.3 is 10.6 Å². The number of rotatable bonds is 5. The Morgan fingerprint density at radius 2 is 2.10 bits per heavy atom. The zero-order valence-electron chi connectivity index (χ0n) is 7.20. The summed E-state index contributed by atoms with van der Waals surface area (Å²) in [4.78, 5) is 0. The zero-order chi connectivity index (χ0) is 7.82. The van der Waals surface area contributed by atoms with Gasteiger partial charge in [0.05, 0.1) is 0 Å². The van der Waals surface area contributed by atoms with E-state index >= 15 is 0 Å². The lowest BCUT2D eigenvalue weighted by Crippen LogP contribution is -2.12. The lowest BCUT2D eigenvalue weighted by molar-refractivity contribution is 0.779. The first kappa shape index (κ1) is 9.34. The Kier molecular flexibility index (Phi) is 6.03. The molecule has 0 saturated carbocycles. The molecule has 0 aliphatic rings. The van der Waals surface area contributed by atoms with E-state index in [4.69, 9.17) is 0 Å². The Balaban J connectivity index is 3.43. The second-order valence-electron chi connectivity index (χ2n) is 2.23. The van der Waals surface area contributed by atoms with E-state index in [1.54, 1.807) is 0 Å². The first-order valence-electron chi connectivity index (χ1n) is 3.95. The molecule has 0 saturated heterocycles. The molecule has 10 heavy (non-hydrogen) atoms. The van der Waals surface area contributed by atoms with Gasteiger partial charge in [-0.2, -0.15) is 0 Å². The summed E-state index contributed by atoms with van der Waals surface area (Å²) in [5.41, 5.74) is 1.26. The maximum Gasteiger partial charge on any atom is 0.0261 e. The van der Waals surface area contributed by atoms with Gasteiger partial charge in [-0.25, -0.2) is 0 Å². The summed E-state index contributed by atoms with van der Waals surface area (Å²) in [6, 6.07) is 0. The Bertz CT molecular complexity index is 91.4. The summed E-state index contributed by atoms with van der Waals surface area (Å²) in [5, 5.41) is 6.32. The highest BCUT2D eigenvalue weighted by Crippen LogP contribution is 1.90. The van der Waals surface area contributed by atoms with Crippen molar-refractivity contribution in [3.63, 3.8) is 0 Å². The summed E-state index contributed by atoms with van der Waals surface area (Å²) in [5.74, 6) is 0. The van der Waals surface area contributed by atoms with Crippen molar-refractivity contribution >= 4 is 0 Å². The van der Waals surface area contributed by atoms with Crippen LogP contribution in [0, 0.1) is 0 Å². The van der Waals surface area contributed by atoms with E-state index in [-0.39, 0.29) is 0 Å². The highest BCUT2D eigenvalue weighted by atomic mass is 14.9. The normalized spacial score (nSPS) is 11.3. The number of hydrogen-bond donors (Lipinski definition) is 2. The van der Waals surface area contributed by atoms with Crippen LogP contribution in [0.4, 0.5) is 0 Å². The molecule has 0 aliphatic carbocycles. The largest absolute Gasteiger partial charge is 0.390 e. The van der Waals surface area contributed by atoms with Crippen LogP contribution in [0.25, 0.3) is 0 Å². The zero-order valence-corrected chi connectivity index (χ0v) is 7.20. The van der Waals surface area contributed by atoms with Gasteiger partial charge in [-0.05, 0) is 12.8 Å². The van der Waals surface area contributed by atoms with Gasteiger partial charge in [-0.3, -0.25) is 0 Å². The minimum atomic E-state index is 1.06. The lowest BCUT2D eigenvalue weighted by atomic mass is 10.3. The van der Waals surface area contributed by atoms with E-state index < -0.39 is 0 Å². The van der Waals surface area contributed by atoms with Gasteiger partial charge in [0.1, 0.15) is 0 Å². The lowest BCUT2D eigenvalue weighted by Gasteiger charge is -2.03. The van der Waals surface area contributed by atoms with Crippen molar-refractivity contribution in [1.82, 2.24) is 10.6 Å². The number of hydrogen-bond acceptors (Lipinski definition) is 2. The predicted octanol–water partition coefficient (Wildman–Crippen LogP) is 1.46. The van der Waals surface area contributed by atoms with Crippen LogP contribution >= 0.6 is 0 Å². The third kappa shape index (κ3) is 4.24. The van der Waals surface area contributed by atoms with Crippen LogP contribution < -0.4 is 10.6 Å². The van der Waals surface area contributed by atoms with Gasteiger partial charge >= 0.3 is 0 Å². The second kappa shape index (κ2) is 6.46. The minimum Gasteiger partial charge on any atom is -0.390 e. The quantitative estimate of drug-likeness (QED) is 0.568. The molecule has 0 fully saturated rings. The van der Waals surface area contributed by atoms with E-state index in [9.17, 15) is 0 Å². The van der Waals surface area contributed by atoms with Gasteiger partial charge in [0, 0.05) is 25.5 Å². The minimum absolute atomic E-state index is 1.06. The fourth-order valence-corrected chi connectivity index (χ4v) is 0.691. The first-order valence-corrected chi connectivity index (χ1v) is 3.95. The molecule has 0 bridgehead atoms. The molecular formula is C8H18N2. The average Bonchev–Trinajstić information content (AvgIpc) is 1.99. The van der Waals surface area contributed by atoms with Crippen molar-refractivity contribution in [2.45, 2.75) is 26.7 Å². The fraction of sp³-hybridized carbons (Fsp3) is 0.750. The van der Waals surface area contributed by atoms with E-state index in [1.165, 1.54) is 12.1 Å². The van der Waals surface area contributed by atoms with Crippen LogP contribution in [-0.4, -0.2) is 13.6 Å². The van der Waals surface area contributed by atoms with E-state index in [2.05, 4.69) is 24.5 Å². The van der Waals surface area contributed by atoms with Crippen LogP contribution in [0.5, 0.6) is 0 Å². The van der Waals surface area contributed by atoms with Gasteiger partial charge in [0.15, 0.2) is 0 Å². The Morgan fingerprint density at radius 3 is 2.50 bits per heavy atom. The predicted molar refractivity (Wildman–Crippen MR) is 45.7 cm³/mol. The van der Waals surface area contributed by atoms with Gasteiger partial charge in [0.25, 0.3) is 0 Å². The molecule has 2 nitrogen and oxygen atoms in total. The molecule has 0 amide bonds. The van der Waals surface area contributed by atoms with Crippen LogP contribution in [0.3, 0.4) is 0 Å². The van der Waals surface area contributed by atoms with Gasteiger partial charge in [0.2, 0.25) is 0 Å². The molecule has 0 spiro atoms. The Morgan fingerprint density at radius 1 is 1.40 bits per heavy atom. The standard InChI is InChI=1S/C8H18N2/c1-4-6-10-7-8(5-2)9-3/h7,9-10H,4-6H2,1-3H3/b8-7+. The van der Waals surface area contributed by atoms with E-state index in [0.29, 0.717) is 0 Å². The van der Waals surface area contributed by atoms with Gasteiger partial charge in [-0.1, -0.05) is 13.8 Å². The summed E-state index contributed by atoms with van der Waals surface area (Å²) >= 11 is 0. The van der Waals surface area contributed by atoms with Crippen molar-refractivity contribution in [3.05, 3.63) is 11.9 Å². The molecule has 0 heterocycles. The van der Waals surface area contributed by atoms with Gasteiger partial charge in [-0.15, -0.1) is 0 Å². The molecule has 0 aromatic heterocycles. The molecule has 2 N–H and O–H groups in total. The highest BCUT2D eigenvalue weighted by molar-refractivity contribution is 4.95. The van der Waals surface area contributed by atoms with Crippen molar-refractivity contribution in [2.75, 3.05) is 13.6 Å². The molecular weight excluding hydrogens is 124 g/mol. The first-order chi connectivity index (χ1) is 4.85.